The maximum absolute atomic E-state index is 12.5. The van der Waals surface area contributed by atoms with Gasteiger partial charge in [-0.3, -0.25) is 14.4 Å². The van der Waals surface area contributed by atoms with Gasteiger partial charge in [0.15, 0.2) is 6.10 Å². The molecule has 0 amide bonds. The zero-order chi connectivity index (χ0) is 35.2. The quantitative estimate of drug-likeness (QED) is 0.0343. The lowest BCUT2D eigenvalue weighted by Gasteiger charge is -2.17. The number of allylic oxidation sites excluding steroid dienone is 16. The summed E-state index contributed by atoms with van der Waals surface area (Å²) in [5.41, 5.74) is 0. The molecule has 0 rings (SSSR count). The Hall–Kier alpha value is -3.93. The lowest BCUT2D eigenvalue weighted by atomic mass is 10.2. The minimum atomic E-state index is -0.874. The van der Waals surface area contributed by atoms with Gasteiger partial charge in [-0.15, -0.1) is 0 Å². The van der Waals surface area contributed by atoms with Gasteiger partial charge in [-0.1, -0.05) is 130 Å². The van der Waals surface area contributed by atoms with E-state index in [0.717, 1.165) is 70.6 Å². The zero-order valence-corrected chi connectivity index (χ0v) is 29.9. The van der Waals surface area contributed by atoms with Gasteiger partial charge < -0.3 is 14.2 Å². The fraction of sp³-hybridized carbons (Fsp3) is 0.500. The van der Waals surface area contributed by atoms with Crippen LogP contribution in [0.2, 0.25) is 0 Å². The summed E-state index contributed by atoms with van der Waals surface area (Å²) in [7, 11) is 0. The molecule has 0 aliphatic rings. The Labute approximate surface area is 291 Å². The zero-order valence-electron chi connectivity index (χ0n) is 29.9. The SMILES string of the molecule is CC/C=C\C/C=C\C/C=C\CCCCC(=O)OCC(COC(=O)C/C=C\C/C=C\C/C=C\CC)OC(=O)C/C=C\C/C=C\C/C=C\CC. The van der Waals surface area contributed by atoms with Crippen LogP contribution in [0, 0.1) is 0 Å². The Morgan fingerprint density at radius 1 is 0.438 bits per heavy atom. The summed E-state index contributed by atoms with van der Waals surface area (Å²) in [5.74, 6) is -1.28. The van der Waals surface area contributed by atoms with Gasteiger partial charge >= 0.3 is 17.9 Å². The molecule has 266 valence electrons. The van der Waals surface area contributed by atoms with Crippen LogP contribution in [0.5, 0.6) is 0 Å². The van der Waals surface area contributed by atoms with Gasteiger partial charge in [0.2, 0.25) is 0 Å². The molecule has 0 fully saturated rings. The highest BCUT2D eigenvalue weighted by Crippen LogP contribution is 2.07. The summed E-state index contributed by atoms with van der Waals surface area (Å²) < 4.78 is 16.3. The van der Waals surface area contributed by atoms with Gasteiger partial charge in [-0.2, -0.15) is 0 Å². The Bertz CT molecular complexity index is 1080. The van der Waals surface area contributed by atoms with Gasteiger partial charge in [-0.05, 0) is 77.0 Å². The van der Waals surface area contributed by atoms with Crippen molar-refractivity contribution in [3.05, 3.63) is 109 Å². The van der Waals surface area contributed by atoms with Crippen molar-refractivity contribution >= 4 is 17.9 Å². The molecular weight excluding hydrogens is 600 g/mol. The van der Waals surface area contributed by atoms with E-state index < -0.39 is 18.0 Å². The highest BCUT2D eigenvalue weighted by atomic mass is 16.6. The number of carbonyl (C=O) groups excluding carboxylic acids is 3. The normalized spacial score (nSPS) is 13.3. The van der Waals surface area contributed by atoms with Gasteiger partial charge in [0.1, 0.15) is 13.2 Å². The highest BCUT2D eigenvalue weighted by molar-refractivity contribution is 5.72. The first-order valence-corrected chi connectivity index (χ1v) is 17.9. The topological polar surface area (TPSA) is 78.9 Å². The Morgan fingerprint density at radius 2 is 0.812 bits per heavy atom. The minimum absolute atomic E-state index is 0.0751. The van der Waals surface area contributed by atoms with E-state index in [9.17, 15) is 14.4 Å². The summed E-state index contributed by atoms with van der Waals surface area (Å²) in [6, 6.07) is 0. The van der Waals surface area contributed by atoms with Crippen LogP contribution in [0.4, 0.5) is 0 Å². The largest absolute Gasteiger partial charge is 0.462 e. The summed E-state index contributed by atoms with van der Waals surface area (Å²) in [6.07, 6.45) is 47.2. The molecule has 0 aromatic heterocycles. The van der Waals surface area contributed by atoms with Crippen LogP contribution in [0.1, 0.15) is 117 Å². The van der Waals surface area contributed by atoms with E-state index in [-0.39, 0.29) is 38.4 Å². The molecule has 6 nitrogen and oxygen atoms in total. The van der Waals surface area contributed by atoms with Crippen molar-refractivity contribution in [3.63, 3.8) is 0 Å². The van der Waals surface area contributed by atoms with Crippen LogP contribution in [0.3, 0.4) is 0 Å². The van der Waals surface area contributed by atoms with Crippen LogP contribution in [0.15, 0.2) is 109 Å². The molecule has 0 aliphatic heterocycles. The second-order valence-electron chi connectivity index (χ2n) is 11.0. The second-order valence-corrected chi connectivity index (χ2v) is 11.0. The Balaban J connectivity index is 4.66. The van der Waals surface area contributed by atoms with E-state index in [0.29, 0.717) is 6.42 Å². The smallest absolute Gasteiger partial charge is 0.310 e. The van der Waals surface area contributed by atoms with Crippen molar-refractivity contribution in [2.75, 3.05) is 13.2 Å². The molecule has 1 unspecified atom stereocenters. The Kier molecular flexibility index (Phi) is 33.0. The lowest BCUT2D eigenvalue weighted by Crippen LogP contribution is -2.30. The molecule has 0 saturated carbocycles. The van der Waals surface area contributed by atoms with Crippen LogP contribution < -0.4 is 0 Å². The molecule has 1 atom stereocenters. The molecule has 0 radical (unpaired) electrons. The van der Waals surface area contributed by atoms with Crippen molar-refractivity contribution in [1.29, 1.82) is 0 Å². The molecule has 0 aromatic carbocycles. The fourth-order valence-electron chi connectivity index (χ4n) is 3.99. The molecule has 0 heterocycles. The van der Waals surface area contributed by atoms with Gasteiger partial charge in [0.05, 0.1) is 12.8 Å². The third-order valence-corrected chi connectivity index (χ3v) is 6.57. The molecular formula is C42H62O6. The first kappa shape index (κ1) is 44.1. The van der Waals surface area contributed by atoms with E-state index >= 15 is 0 Å². The summed E-state index contributed by atoms with van der Waals surface area (Å²) >= 11 is 0. The average Bonchev–Trinajstić information content (AvgIpc) is 3.08. The first-order chi connectivity index (χ1) is 23.5. The number of unbranched alkanes of at least 4 members (excludes halogenated alkanes) is 2. The van der Waals surface area contributed by atoms with E-state index in [4.69, 9.17) is 14.2 Å². The standard InChI is InChI=1S/C42H62O6/c1-4-7-10-13-16-19-20-21-24-26-29-32-35-41(44)47-38-39(48-42(45)36-33-30-27-23-18-15-12-9-6-3)37-46-40(43)34-31-28-25-22-17-14-11-8-5-2/h7-12,16-19,21-24,28,30-31,33,39H,4-6,13-15,20,25-27,29,32,34-38H2,1-3H3/b10-7-,11-8-,12-9-,19-16-,22-17-,23-18-,24-21-,31-28-,33-30-. The lowest BCUT2D eigenvalue weighted by molar-refractivity contribution is -0.166. The first-order valence-electron chi connectivity index (χ1n) is 17.9. The van der Waals surface area contributed by atoms with Crippen molar-refractivity contribution in [1.82, 2.24) is 0 Å². The van der Waals surface area contributed by atoms with Gasteiger partial charge in [0.25, 0.3) is 0 Å². The third-order valence-electron chi connectivity index (χ3n) is 6.57. The molecule has 0 spiro atoms. The molecule has 0 saturated heterocycles. The number of esters is 3. The fourth-order valence-corrected chi connectivity index (χ4v) is 3.99. The highest BCUT2D eigenvalue weighted by Gasteiger charge is 2.18. The Morgan fingerprint density at radius 3 is 1.27 bits per heavy atom. The number of hydrogen-bond donors (Lipinski definition) is 0. The maximum Gasteiger partial charge on any atom is 0.310 e. The summed E-state index contributed by atoms with van der Waals surface area (Å²) in [6.45, 7) is 5.98. The number of hydrogen-bond acceptors (Lipinski definition) is 6. The third kappa shape index (κ3) is 33.4. The van der Waals surface area contributed by atoms with Crippen molar-refractivity contribution in [2.24, 2.45) is 0 Å². The van der Waals surface area contributed by atoms with Crippen molar-refractivity contribution in [2.45, 2.75) is 123 Å². The molecule has 0 aliphatic carbocycles. The van der Waals surface area contributed by atoms with Crippen LogP contribution in [-0.2, 0) is 28.6 Å². The van der Waals surface area contributed by atoms with E-state index in [2.05, 4.69) is 93.7 Å². The van der Waals surface area contributed by atoms with E-state index in [1.165, 1.54) is 0 Å². The van der Waals surface area contributed by atoms with E-state index in [1.807, 2.05) is 24.3 Å². The summed E-state index contributed by atoms with van der Waals surface area (Å²) in [5, 5.41) is 0. The predicted octanol–water partition coefficient (Wildman–Crippen LogP) is 10.9. The van der Waals surface area contributed by atoms with Gasteiger partial charge in [0, 0.05) is 6.42 Å². The van der Waals surface area contributed by atoms with Crippen molar-refractivity contribution < 1.29 is 28.6 Å². The monoisotopic (exact) mass is 662 g/mol. The minimum Gasteiger partial charge on any atom is -0.462 e. The molecule has 0 N–H and O–H groups in total. The number of ether oxygens (including phenoxy) is 3. The van der Waals surface area contributed by atoms with Crippen LogP contribution in [-0.4, -0.2) is 37.2 Å². The molecule has 0 bridgehead atoms. The number of carbonyl (C=O) groups is 3. The van der Waals surface area contributed by atoms with Crippen LogP contribution >= 0.6 is 0 Å². The summed E-state index contributed by atoms with van der Waals surface area (Å²) in [4.78, 5) is 37.1. The van der Waals surface area contributed by atoms with Crippen LogP contribution in [0.25, 0.3) is 0 Å². The average molecular weight is 663 g/mol. The maximum atomic E-state index is 12.5. The molecule has 48 heavy (non-hydrogen) atoms. The molecule has 6 heteroatoms. The molecule has 0 aromatic rings. The number of rotatable bonds is 29. The van der Waals surface area contributed by atoms with E-state index in [1.54, 1.807) is 12.2 Å². The second kappa shape index (κ2) is 35.9. The van der Waals surface area contributed by atoms with Gasteiger partial charge in [-0.25, -0.2) is 0 Å². The predicted molar refractivity (Wildman–Crippen MR) is 200 cm³/mol. The van der Waals surface area contributed by atoms with Crippen molar-refractivity contribution in [3.8, 4) is 0 Å².